The van der Waals surface area contributed by atoms with Gasteiger partial charge in [-0.05, 0) is 25.8 Å². The lowest BCUT2D eigenvalue weighted by molar-refractivity contribution is 0.219. The van der Waals surface area contributed by atoms with Crippen LogP contribution >= 0.6 is 0 Å². The number of nitrogens with one attached hydrogen (secondary N) is 2. The van der Waals surface area contributed by atoms with E-state index in [-0.39, 0.29) is 5.56 Å². The Hall–Kier alpha value is -1.36. The van der Waals surface area contributed by atoms with Gasteiger partial charge < -0.3 is 15.2 Å². The lowest BCUT2D eigenvalue weighted by atomic mass is 10.0. The maximum absolute atomic E-state index is 11.5. The van der Waals surface area contributed by atoms with Crippen LogP contribution in [0.25, 0.3) is 0 Å². The lowest BCUT2D eigenvalue weighted by Gasteiger charge is -2.32. The molecule has 5 heteroatoms. The summed E-state index contributed by atoms with van der Waals surface area (Å²) in [5, 5.41) is 3.40. The monoisotopic (exact) mass is 264 g/mol. The van der Waals surface area contributed by atoms with Crippen molar-refractivity contribution in [3.63, 3.8) is 0 Å². The summed E-state index contributed by atoms with van der Waals surface area (Å²) in [6.45, 7) is 7.67. The first-order chi connectivity index (χ1) is 9.21. The molecule has 1 aliphatic heterocycles. The zero-order chi connectivity index (χ0) is 13.7. The highest BCUT2D eigenvalue weighted by atomic mass is 16.1. The highest BCUT2D eigenvalue weighted by Gasteiger charge is 2.18. The first-order valence-corrected chi connectivity index (χ1v) is 7.30. The molecular weight excluding hydrogens is 240 g/mol. The van der Waals surface area contributed by atoms with Crippen molar-refractivity contribution >= 4 is 5.82 Å². The van der Waals surface area contributed by atoms with Gasteiger partial charge in [0, 0.05) is 31.6 Å². The van der Waals surface area contributed by atoms with Crippen LogP contribution in [0.5, 0.6) is 0 Å². The SMILES string of the molecule is CCCN1CCC(Nc2cc(=O)[nH]c(CC)n2)CC1. The number of hydrogen-bond donors (Lipinski definition) is 2. The van der Waals surface area contributed by atoms with E-state index in [9.17, 15) is 4.79 Å². The molecule has 0 saturated carbocycles. The third-order valence-corrected chi connectivity index (χ3v) is 3.61. The molecule has 1 aromatic rings. The highest BCUT2D eigenvalue weighted by molar-refractivity contribution is 5.34. The van der Waals surface area contributed by atoms with Gasteiger partial charge >= 0.3 is 0 Å². The number of aromatic nitrogens is 2. The summed E-state index contributed by atoms with van der Waals surface area (Å²) in [6.07, 6.45) is 4.21. The zero-order valence-corrected chi connectivity index (χ0v) is 11.9. The van der Waals surface area contributed by atoms with Gasteiger partial charge in [0.25, 0.3) is 5.56 Å². The average Bonchev–Trinajstić information content (AvgIpc) is 2.40. The first kappa shape index (κ1) is 14.1. The van der Waals surface area contributed by atoms with E-state index in [4.69, 9.17) is 0 Å². The van der Waals surface area contributed by atoms with Gasteiger partial charge in [-0.1, -0.05) is 13.8 Å². The van der Waals surface area contributed by atoms with E-state index in [2.05, 4.69) is 27.1 Å². The van der Waals surface area contributed by atoms with Gasteiger partial charge in [0.1, 0.15) is 11.6 Å². The number of rotatable bonds is 5. The fraction of sp³-hybridized carbons (Fsp3) is 0.714. The van der Waals surface area contributed by atoms with E-state index in [1.807, 2.05) is 6.92 Å². The molecule has 19 heavy (non-hydrogen) atoms. The van der Waals surface area contributed by atoms with Gasteiger partial charge in [-0.25, -0.2) is 4.98 Å². The Balaban J connectivity index is 1.92. The minimum atomic E-state index is -0.0715. The molecular formula is C14H24N4O. The van der Waals surface area contributed by atoms with Crippen LogP contribution in [0.4, 0.5) is 5.82 Å². The fourth-order valence-electron chi connectivity index (χ4n) is 2.58. The van der Waals surface area contributed by atoms with Crippen LogP contribution in [0.3, 0.4) is 0 Å². The number of nitrogens with zero attached hydrogens (tertiary/aromatic N) is 2. The number of anilines is 1. The molecule has 0 amide bonds. The van der Waals surface area contributed by atoms with Crippen molar-refractivity contribution in [2.75, 3.05) is 25.0 Å². The van der Waals surface area contributed by atoms with Gasteiger partial charge in [-0.3, -0.25) is 4.79 Å². The Morgan fingerprint density at radius 1 is 1.42 bits per heavy atom. The molecule has 0 aliphatic carbocycles. The highest BCUT2D eigenvalue weighted by Crippen LogP contribution is 2.14. The Bertz CT molecular complexity index is 449. The lowest BCUT2D eigenvalue weighted by Crippen LogP contribution is -2.39. The molecule has 0 atom stereocenters. The largest absolute Gasteiger partial charge is 0.367 e. The summed E-state index contributed by atoms with van der Waals surface area (Å²) in [6, 6.07) is 1.99. The van der Waals surface area contributed by atoms with Crippen molar-refractivity contribution in [3.8, 4) is 0 Å². The summed E-state index contributed by atoms with van der Waals surface area (Å²) in [5.41, 5.74) is -0.0715. The molecule has 5 nitrogen and oxygen atoms in total. The Morgan fingerprint density at radius 3 is 2.79 bits per heavy atom. The maximum Gasteiger partial charge on any atom is 0.252 e. The quantitative estimate of drug-likeness (QED) is 0.848. The molecule has 2 N–H and O–H groups in total. The number of aromatic amines is 1. The number of aryl methyl sites for hydroxylation is 1. The van der Waals surface area contributed by atoms with Crippen molar-refractivity contribution in [3.05, 3.63) is 22.2 Å². The van der Waals surface area contributed by atoms with Gasteiger partial charge in [-0.2, -0.15) is 0 Å². The second-order valence-electron chi connectivity index (χ2n) is 5.19. The second-order valence-corrected chi connectivity index (χ2v) is 5.19. The molecule has 106 valence electrons. The van der Waals surface area contributed by atoms with E-state index in [1.54, 1.807) is 6.07 Å². The summed E-state index contributed by atoms with van der Waals surface area (Å²) in [5.74, 6) is 1.47. The standard InChI is InChI=1S/C14H24N4O/c1-3-7-18-8-5-11(6-9-18)15-13-10-14(19)17-12(4-2)16-13/h10-11H,3-9H2,1-2H3,(H2,15,16,17,19). The van der Waals surface area contributed by atoms with Crippen molar-refractivity contribution in [2.24, 2.45) is 0 Å². The summed E-state index contributed by atoms with van der Waals surface area (Å²) < 4.78 is 0. The Kier molecular flexibility index (Phi) is 4.96. The third-order valence-electron chi connectivity index (χ3n) is 3.61. The molecule has 1 saturated heterocycles. The van der Waals surface area contributed by atoms with Crippen LogP contribution in [0, 0.1) is 0 Å². The molecule has 0 bridgehead atoms. The average molecular weight is 264 g/mol. The first-order valence-electron chi connectivity index (χ1n) is 7.30. The van der Waals surface area contributed by atoms with Gasteiger partial charge in [-0.15, -0.1) is 0 Å². The molecule has 1 aromatic heterocycles. The van der Waals surface area contributed by atoms with Crippen LogP contribution in [-0.2, 0) is 6.42 Å². The maximum atomic E-state index is 11.5. The van der Waals surface area contributed by atoms with Gasteiger partial charge in [0.2, 0.25) is 0 Å². The van der Waals surface area contributed by atoms with Gasteiger partial charge in [0.05, 0.1) is 0 Å². The van der Waals surface area contributed by atoms with Crippen LogP contribution in [0.2, 0.25) is 0 Å². The summed E-state index contributed by atoms with van der Waals surface area (Å²) in [4.78, 5) is 21.2. The smallest absolute Gasteiger partial charge is 0.252 e. The van der Waals surface area contributed by atoms with Gasteiger partial charge in [0.15, 0.2) is 0 Å². The number of hydrogen-bond acceptors (Lipinski definition) is 4. The molecule has 2 heterocycles. The van der Waals surface area contributed by atoms with E-state index < -0.39 is 0 Å². The van der Waals surface area contributed by atoms with E-state index in [0.717, 1.165) is 44.0 Å². The minimum absolute atomic E-state index is 0.0715. The normalized spacial score (nSPS) is 17.6. The van der Waals surface area contributed by atoms with Crippen LogP contribution in [0.15, 0.2) is 10.9 Å². The van der Waals surface area contributed by atoms with Crippen molar-refractivity contribution in [1.29, 1.82) is 0 Å². The molecule has 1 fully saturated rings. The Morgan fingerprint density at radius 2 is 2.16 bits per heavy atom. The molecule has 0 aromatic carbocycles. The van der Waals surface area contributed by atoms with E-state index in [1.165, 1.54) is 13.0 Å². The summed E-state index contributed by atoms with van der Waals surface area (Å²) >= 11 is 0. The van der Waals surface area contributed by atoms with E-state index >= 15 is 0 Å². The molecule has 0 spiro atoms. The molecule has 0 unspecified atom stereocenters. The van der Waals surface area contributed by atoms with Crippen molar-refractivity contribution in [1.82, 2.24) is 14.9 Å². The second kappa shape index (κ2) is 6.70. The minimum Gasteiger partial charge on any atom is -0.367 e. The number of H-pyrrole nitrogens is 1. The van der Waals surface area contributed by atoms with E-state index in [0.29, 0.717) is 6.04 Å². The number of piperidine rings is 1. The fourth-order valence-corrected chi connectivity index (χ4v) is 2.58. The van der Waals surface area contributed by atoms with Crippen LogP contribution < -0.4 is 10.9 Å². The zero-order valence-electron chi connectivity index (χ0n) is 11.9. The number of likely N-dealkylation sites (tertiary alicyclic amines) is 1. The van der Waals surface area contributed by atoms with Crippen LogP contribution in [-0.4, -0.2) is 40.5 Å². The topological polar surface area (TPSA) is 61.0 Å². The van der Waals surface area contributed by atoms with Crippen molar-refractivity contribution in [2.45, 2.75) is 45.6 Å². The van der Waals surface area contributed by atoms with Crippen molar-refractivity contribution < 1.29 is 0 Å². The van der Waals surface area contributed by atoms with Crippen LogP contribution in [0.1, 0.15) is 38.9 Å². The summed E-state index contributed by atoms with van der Waals surface area (Å²) in [7, 11) is 0. The molecule has 0 radical (unpaired) electrons. The predicted octanol–water partition coefficient (Wildman–Crippen LogP) is 1.62. The Labute approximate surface area is 114 Å². The predicted molar refractivity (Wildman–Crippen MR) is 77.6 cm³/mol. The third kappa shape index (κ3) is 4.06. The molecule has 2 rings (SSSR count). The molecule has 1 aliphatic rings.